The van der Waals surface area contributed by atoms with E-state index in [4.69, 9.17) is 21.1 Å². The number of anilines is 2. The fourth-order valence-corrected chi connectivity index (χ4v) is 6.16. The molecule has 2 aromatic rings. The van der Waals surface area contributed by atoms with E-state index in [1.165, 1.54) is 34.3 Å². The number of para-hydroxylation sites is 1. The predicted octanol–water partition coefficient (Wildman–Crippen LogP) is 2.35. The molecule has 2 aliphatic rings. The van der Waals surface area contributed by atoms with Crippen molar-refractivity contribution >= 4 is 62.5 Å². The van der Waals surface area contributed by atoms with Crippen molar-refractivity contribution in [1.82, 2.24) is 4.31 Å². The van der Waals surface area contributed by atoms with Gasteiger partial charge in [0.25, 0.3) is 5.91 Å². The van der Waals surface area contributed by atoms with E-state index >= 15 is 0 Å². The maximum atomic E-state index is 12.9. The van der Waals surface area contributed by atoms with Crippen molar-refractivity contribution in [2.45, 2.75) is 21.5 Å². The van der Waals surface area contributed by atoms with Gasteiger partial charge in [-0.15, -0.1) is 11.8 Å². The molecule has 0 bridgehead atoms. The molecule has 0 radical (unpaired) electrons. The van der Waals surface area contributed by atoms with Crippen molar-refractivity contribution in [3.05, 3.63) is 47.5 Å². The number of carbonyl (C=O) groups excluding carboxylic acids is 3. The largest absolute Gasteiger partial charge is 0.456 e. The van der Waals surface area contributed by atoms with E-state index in [0.717, 1.165) is 4.90 Å². The molecule has 2 aromatic carbocycles. The van der Waals surface area contributed by atoms with Crippen LogP contribution in [0.2, 0.25) is 5.02 Å². The number of esters is 1. The number of thioether (sulfide) groups is 1. The predicted molar refractivity (Wildman–Crippen MR) is 130 cm³/mol. The van der Waals surface area contributed by atoms with Crippen LogP contribution in [0.4, 0.5) is 11.4 Å². The molecule has 0 spiro atoms. The maximum Gasteiger partial charge on any atom is 0.307 e. The number of ether oxygens (including phenoxy) is 2. The first-order valence-corrected chi connectivity index (χ1v) is 13.3. The van der Waals surface area contributed by atoms with E-state index in [-0.39, 0.29) is 41.0 Å². The maximum absolute atomic E-state index is 12.9. The fourth-order valence-electron chi connectivity index (χ4n) is 3.47. The van der Waals surface area contributed by atoms with E-state index in [1.54, 1.807) is 12.1 Å². The summed E-state index contributed by atoms with van der Waals surface area (Å²) in [6.07, 6.45) is -0.216. The summed E-state index contributed by atoms with van der Waals surface area (Å²) in [4.78, 5) is 37.6. The van der Waals surface area contributed by atoms with Gasteiger partial charge in [-0.3, -0.25) is 14.4 Å². The number of rotatable bonds is 7. The van der Waals surface area contributed by atoms with Gasteiger partial charge in [0.05, 0.1) is 46.2 Å². The Bertz CT molecular complexity index is 1250. The molecule has 1 fully saturated rings. The summed E-state index contributed by atoms with van der Waals surface area (Å²) in [5.41, 5.74) is 0.752. The van der Waals surface area contributed by atoms with Gasteiger partial charge >= 0.3 is 5.97 Å². The molecule has 2 aliphatic heterocycles. The van der Waals surface area contributed by atoms with Gasteiger partial charge in [-0.2, -0.15) is 4.31 Å². The molecule has 2 amide bonds. The first-order valence-electron chi connectivity index (χ1n) is 10.6. The molecular formula is C22H22ClN3O7S2. The number of benzene rings is 2. The average molecular weight is 540 g/mol. The Balaban J connectivity index is 1.33. The quantitative estimate of drug-likeness (QED) is 0.513. The Labute approximate surface area is 211 Å². The van der Waals surface area contributed by atoms with Crippen LogP contribution < -0.4 is 10.6 Å². The lowest BCUT2D eigenvalue weighted by Crippen LogP contribution is -2.40. The smallest absolute Gasteiger partial charge is 0.307 e. The van der Waals surface area contributed by atoms with Crippen LogP contribution in [0.1, 0.15) is 6.42 Å². The number of morpholine rings is 1. The summed E-state index contributed by atoms with van der Waals surface area (Å²) >= 11 is 7.38. The SMILES string of the molecule is O=C(COC(=O)C[C@@H]1Sc2ccccc2NC1=O)Nc1cc(S(=O)(=O)N2CCOCC2)ccc1Cl. The molecule has 35 heavy (non-hydrogen) atoms. The van der Waals surface area contributed by atoms with Gasteiger partial charge in [-0.25, -0.2) is 8.42 Å². The zero-order chi connectivity index (χ0) is 25.0. The van der Waals surface area contributed by atoms with Crippen LogP contribution in [0.15, 0.2) is 52.3 Å². The minimum Gasteiger partial charge on any atom is -0.456 e. The molecule has 13 heteroatoms. The Hall–Kier alpha value is -2.64. The molecule has 0 saturated carbocycles. The third-order valence-corrected chi connectivity index (χ3v) is 8.74. The first-order chi connectivity index (χ1) is 16.7. The number of carbonyl (C=O) groups is 3. The van der Waals surface area contributed by atoms with Crippen molar-refractivity contribution in [3.63, 3.8) is 0 Å². The van der Waals surface area contributed by atoms with Crippen molar-refractivity contribution < 1.29 is 32.3 Å². The Morgan fingerprint density at radius 2 is 1.94 bits per heavy atom. The molecule has 1 saturated heterocycles. The van der Waals surface area contributed by atoms with Crippen LogP contribution >= 0.6 is 23.4 Å². The molecule has 2 heterocycles. The van der Waals surface area contributed by atoms with Gasteiger partial charge in [0.15, 0.2) is 6.61 Å². The van der Waals surface area contributed by atoms with Crippen molar-refractivity contribution in [1.29, 1.82) is 0 Å². The average Bonchev–Trinajstić information content (AvgIpc) is 2.85. The molecule has 0 aliphatic carbocycles. The second kappa shape index (κ2) is 11.0. The molecule has 2 N–H and O–H groups in total. The van der Waals surface area contributed by atoms with Crippen molar-refractivity contribution in [2.24, 2.45) is 0 Å². The van der Waals surface area contributed by atoms with E-state index in [2.05, 4.69) is 10.6 Å². The van der Waals surface area contributed by atoms with E-state index in [9.17, 15) is 22.8 Å². The van der Waals surface area contributed by atoms with Crippen LogP contribution in [0.5, 0.6) is 0 Å². The van der Waals surface area contributed by atoms with Gasteiger partial charge in [0.1, 0.15) is 0 Å². The van der Waals surface area contributed by atoms with Crippen LogP contribution in [0.25, 0.3) is 0 Å². The van der Waals surface area contributed by atoms with E-state index in [1.807, 2.05) is 12.1 Å². The minimum absolute atomic E-state index is 0.0308. The molecule has 4 rings (SSSR count). The third kappa shape index (κ3) is 6.14. The second-order valence-corrected chi connectivity index (χ2v) is 11.3. The molecule has 186 valence electrons. The monoisotopic (exact) mass is 539 g/mol. The summed E-state index contributed by atoms with van der Waals surface area (Å²) in [5.74, 6) is -1.74. The van der Waals surface area contributed by atoms with Gasteiger partial charge in [0, 0.05) is 18.0 Å². The Morgan fingerprint density at radius 1 is 1.20 bits per heavy atom. The second-order valence-electron chi connectivity index (χ2n) is 7.66. The topological polar surface area (TPSA) is 131 Å². The standard InChI is InChI=1S/C22H22ClN3O7S2/c23-15-6-5-14(35(30,31)26-7-9-32-10-8-26)11-17(15)24-20(27)13-33-21(28)12-19-22(29)25-16-3-1-2-4-18(16)34-19/h1-6,11,19H,7-10,12-13H2,(H,24,27)(H,25,29)/t19-/m0/s1. The van der Waals surface area contributed by atoms with Gasteiger partial charge in [-0.1, -0.05) is 23.7 Å². The lowest BCUT2D eigenvalue weighted by Gasteiger charge is -2.26. The van der Waals surface area contributed by atoms with Crippen molar-refractivity contribution in [3.8, 4) is 0 Å². The number of hydrogen-bond acceptors (Lipinski definition) is 8. The summed E-state index contributed by atoms with van der Waals surface area (Å²) < 4.78 is 37.2. The number of hydrogen-bond donors (Lipinski definition) is 2. The fraction of sp³-hybridized carbons (Fsp3) is 0.318. The zero-order valence-corrected chi connectivity index (χ0v) is 20.7. The third-order valence-electron chi connectivity index (χ3n) is 5.24. The summed E-state index contributed by atoms with van der Waals surface area (Å²) in [6.45, 7) is 0.437. The highest BCUT2D eigenvalue weighted by molar-refractivity contribution is 8.01. The van der Waals surface area contributed by atoms with E-state index in [0.29, 0.717) is 18.9 Å². The van der Waals surface area contributed by atoms with Crippen molar-refractivity contribution in [2.75, 3.05) is 43.5 Å². The summed E-state index contributed by atoms with van der Waals surface area (Å²) in [7, 11) is -3.79. The summed E-state index contributed by atoms with van der Waals surface area (Å²) in [5, 5.41) is 4.65. The number of nitrogens with zero attached hydrogens (tertiary/aromatic N) is 1. The molecule has 10 nitrogen and oxygen atoms in total. The summed E-state index contributed by atoms with van der Waals surface area (Å²) in [6, 6.07) is 11.2. The lowest BCUT2D eigenvalue weighted by molar-refractivity contribution is -0.147. The lowest BCUT2D eigenvalue weighted by atomic mass is 10.2. The number of nitrogens with one attached hydrogen (secondary N) is 2. The van der Waals surface area contributed by atoms with Gasteiger partial charge < -0.3 is 20.1 Å². The van der Waals surface area contributed by atoms with Crippen LogP contribution in [0.3, 0.4) is 0 Å². The van der Waals surface area contributed by atoms with Gasteiger partial charge in [0.2, 0.25) is 15.9 Å². The number of halogens is 1. The van der Waals surface area contributed by atoms with Crippen LogP contribution in [-0.2, 0) is 33.9 Å². The minimum atomic E-state index is -3.79. The molecule has 0 unspecified atom stereocenters. The highest BCUT2D eigenvalue weighted by atomic mass is 35.5. The van der Waals surface area contributed by atoms with Crippen LogP contribution in [-0.4, -0.2) is 68.7 Å². The Kier molecular flexibility index (Phi) is 7.97. The highest BCUT2D eigenvalue weighted by Gasteiger charge is 2.30. The number of sulfonamides is 1. The zero-order valence-electron chi connectivity index (χ0n) is 18.4. The Morgan fingerprint density at radius 3 is 2.71 bits per heavy atom. The number of fused-ring (bicyclic) bond motifs is 1. The molecule has 1 atom stereocenters. The van der Waals surface area contributed by atoms with E-state index < -0.39 is 33.8 Å². The van der Waals surface area contributed by atoms with Crippen LogP contribution in [0, 0.1) is 0 Å². The number of amides is 2. The molecule has 0 aromatic heterocycles. The first kappa shape index (κ1) is 25.5. The highest BCUT2D eigenvalue weighted by Crippen LogP contribution is 2.36. The normalized spacial score (nSPS) is 18.3. The van der Waals surface area contributed by atoms with Gasteiger partial charge in [-0.05, 0) is 30.3 Å². The molecular weight excluding hydrogens is 518 g/mol.